The van der Waals surface area contributed by atoms with Gasteiger partial charge in [-0.25, -0.2) is 0 Å². The van der Waals surface area contributed by atoms with Crippen LogP contribution in [0.2, 0.25) is 5.02 Å². The van der Waals surface area contributed by atoms with E-state index in [1.54, 1.807) is 24.3 Å². The van der Waals surface area contributed by atoms with E-state index in [2.05, 4.69) is 5.32 Å². The Labute approximate surface area is 134 Å². The maximum Gasteiger partial charge on any atom is 0.269 e. The van der Waals surface area contributed by atoms with Crippen molar-refractivity contribution in [2.24, 2.45) is 0 Å². The van der Waals surface area contributed by atoms with Crippen LogP contribution in [0.4, 0.5) is 5.69 Å². The SMILES string of the molecule is Cc1c(Cl)cccc1NC(=O)[C@@H]1Oc2ccccc2O[C@H]1C. The van der Waals surface area contributed by atoms with E-state index >= 15 is 0 Å². The van der Waals surface area contributed by atoms with Crippen LogP contribution in [0.1, 0.15) is 12.5 Å². The number of amides is 1. The minimum Gasteiger partial charge on any atom is -0.482 e. The van der Waals surface area contributed by atoms with E-state index in [-0.39, 0.29) is 12.0 Å². The second-order valence-corrected chi connectivity index (χ2v) is 5.62. The largest absolute Gasteiger partial charge is 0.482 e. The molecule has 0 radical (unpaired) electrons. The number of hydrogen-bond donors (Lipinski definition) is 1. The maximum absolute atomic E-state index is 12.5. The van der Waals surface area contributed by atoms with Gasteiger partial charge in [-0.1, -0.05) is 29.8 Å². The highest BCUT2D eigenvalue weighted by atomic mass is 35.5. The van der Waals surface area contributed by atoms with Gasteiger partial charge in [-0.2, -0.15) is 0 Å². The van der Waals surface area contributed by atoms with Gasteiger partial charge in [-0.3, -0.25) is 4.79 Å². The van der Waals surface area contributed by atoms with E-state index in [4.69, 9.17) is 21.1 Å². The van der Waals surface area contributed by atoms with Crippen molar-refractivity contribution in [1.29, 1.82) is 0 Å². The number of carbonyl (C=O) groups excluding carboxylic acids is 1. The van der Waals surface area contributed by atoms with E-state index in [0.717, 1.165) is 5.56 Å². The van der Waals surface area contributed by atoms with Gasteiger partial charge in [-0.05, 0) is 43.7 Å². The summed E-state index contributed by atoms with van der Waals surface area (Å²) in [7, 11) is 0. The van der Waals surface area contributed by atoms with Crippen molar-refractivity contribution in [3.05, 3.63) is 53.1 Å². The highest BCUT2D eigenvalue weighted by molar-refractivity contribution is 6.31. The van der Waals surface area contributed by atoms with Gasteiger partial charge >= 0.3 is 0 Å². The normalized spacial score (nSPS) is 19.6. The van der Waals surface area contributed by atoms with Gasteiger partial charge < -0.3 is 14.8 Å². The topological polar surface area (TPSA) is 47.6 Å². The molecule has 0 saturated carbocycles. The number of benzene rings is 2. The standard InChI is InChI=1S/C17H16ClNO3/c1-10-12(18)6-5-7-13(10)19-17(20)16-11(2)21-14-8-3-4-9-15(14)22-16/h3-9,11,16H,1-2H3,(H,19,20)/t11-,16+/m0/s1. The predicted molar refractivity (Wildman–Crippen MR) is 85.8 cm³/mol. The lowest BCUT2D eigenvalue weighted by Crippen LogP contribution is -2.46. The van der Waals surface area contributed by atoms with Crippen molar-refractivity contribution in [2.45, 2.75) is 26.1 Å². The molecule has 1 heterocycles. The molecule has 0 saturated heterocycles. The van der Waals surface area contributed by atoms with Gasteiger partial charge in [0.05, 0.1) is 0 Å². The summed E-state index contributed by atoms with van der Waals surface area (Å²) in [6, 6.07) is 12.7. The molecule has 2 atom stereocenters. The van der Waals surface area contributed by atoms with Crippen LogP contribution in [-0.4, -0.2) is 18.1 Å². The summed E-state index contributed by atoms with van der Waals surface area (Å²) in [5, 5.41) is 3.46. The van der Waals surface area contributed by atoms with Crippen molar-refractivity contribution >= 4 is 23.2 Å². The van der Waals surface area contributed by atoms with E-state index < -0.39 is 6.10 Å². The molecule has 1 aliphatic heterocycles. The predicted octanol–water partition coefficient (Wildman–Crippen LogP) is 3.82. The van der Waals surface area contributed by atoms with Crippen LogP contribution < -0.4 is 14.8 Å². The van der Waals surface area contributed by atoms with Gasteiger partial charge in [-0.15, -0.1) is 0 Å². The summed E-state index contributed by atoms with van der Waals surface area (Å²) in [6.07, 6.45) is -1.09. The molecule has 0 aromatic heterocycles. The van der Waals surface area contributed by atoms with Gasteiger partial charge in [0.25, 0.3) is 5.91 Å². The fraction of sp³-hybridized carbons (Fsp3) is 0.235. The minimum atomic E-state index is -0.715. The van der Waals surface area contributed by atoms with Crippen LogP contribution in [0.25, 0.3) is 0 Å². The Morgan fingerprint density at radius 2 is 1.77 bits per heavy atom. The molecule has 5 heteroatoms. The number of para-hydroxylation sites is 2. The Hall–Kier alpha value is -2.20. The zero-order valence-corrected chi connectivity index (χ0v) is 13.1. The van der Waals surface area contributed by atoms with E-state index in [1.807, 2.05) is 32.0 Å². The molecule has 2 aromatic carbocycles. The molecule has 0 fully saturated rings. The fourth-order valence-corrected chi connectivity index (χ4v) is 2.53. The average molecular weight is 318 g/mol. The Morgan fingerprint density at radius 1 is 1.09 bits per heavy atom. The van der Waals surface area contributed by atoms with Crippen LogP contribution in [0, 0.1) is 6.92 Å². The molecule has 22 heavy (non-hydrogen) atoms. The molecule has 0 bridgehead atoms. The first-order valence-corrected chi connectivity index (χ1v) is 7.42. The van der Waals surface area contributed by atoms with Gasteiger partial charge in [0.15, 0.2) is 11.5 Å². The number of rotatable bonds is 2. The summed E-state index contributed by atoms with van der Waals surface area (Å²) in [6.45, 7) is 3.67. The van der Waals surface area contributed by atoms with Gasteiger partial charge in [0.2, 0.25) is 6.10 Å². The minimum absolute atomic E-state index is 0.257. The number of ether oxygens (including phenoxy) is 2. The van der Waals surface area contributed by atoms with E-state index in [1.165, 1.54) is 0 Å². The Balaban J connectivity index is 1.80. The highest BCUT2D eigenvalue weighted by Crippen LogP contribution is 2.34. The van der Waals surface area contributed by atoms with E-state index in [0.29, 0.717) is 22.2 Å². The number of fused-ring (bicyclic) bond motifs is 1. The van der Waals surface area contributed by atoms with Crippen LogP contribution in [-0.2, 0) is 4.79 Å². The third-order valence-corrected chi connectivity index (χ3v) is 4.04. The fourth-order valence-electron chi connectivity index (χ4n) is 2.35. The Morgan fingerprint density at radius 3 is 2.50 bits per heavy atom. The maximum atomic E-state index is 12.5. The summed E-state index contributed by atoms with van der Waals surface area (Å²) < 4.78 is 11.5. The summed E-state index contributed by atoms with van der Waals surface area (Å²) in [4.78, 5) is 12.5. The number of anilines is 1. The molecule has 0 aliphatic carbocycles. The van der Waals surface area contributed by atoms with Crippen molar-refractivity contribution in [1.82, 2.24) is 0 Å². The first-order valence-electron chi connectivity index (χ1n) is 7.04. The van der Waals surface area contributed by atoms with Crippen LogP contribution >= 0.6 is 11.6 Å². The smallest absolute Gasteiger partial charge is 0.269 e. The average Bonchev–Trinajstić information content (AvgIpc) is 2.51. The van der Waals surface area contributed by atoms with Crippen molar-refractivity contribution in [3.8, 4) is 11.5 Å². The monoisotopic (exact) mass is 317 g/mol. The third kappa shape index (κ3) is 2.74. The van der Waals surface area contributed by atoms with Crippen LogP contribution in [0.5, 0.6) is 11.5 Å². The summed E-state index contributed by atoms with van der Waals surface area (Å²) in [5.74, 6) is 0.967. The number of nitrogens with one attached hydrogen (secondary N) is 1. The quantitative estimate of drug-likeness (QED) is 0.916. The van der Waals surface area contributed by atoms with Crippen LogP contribution in [0.15, 0.2) is 42.5 Å². The molecule has 3 rings (SSSR count). The Kier molecular flexibility index (Phi) is 3.94. The molecule has 1 N–H and O–H groups in total. The Bertz CT molecular complexity index is 717. The molecular formula is C17H16ClNO3. The third-order valence-electron chi connectivity index (χ3n) is 3.63. The molecule has 0 spiro atoms. The lowest BCUT2D eigenvalue weighted by atomic mass is 10.1. The molecule has 4 nitrogen and oxygen atoms in total. The zero-order chi connectivity index (χ0) is 15.7. The van der Waals surface area contributed by atoms with E-state index in [9.17, 15) is 4.79 Å². The molecule has 114 valence electrons. The first-order chi connectivity index (χ1) is 10.6. The van der Waals surface area contributed by atoms with Gasteiger partial charge in [0, 0.05) is 10.7 Å². The molecule has 1 aliphatic rings. The molecular weight excluding hydrogens is 302 g/mol. The zero-order valence-electron chi connectivity index (χ0n) is 12.3. The number of hydrogen-bond acceptors (Lipinski definition) is 3. The number of halogens is 1. The first kappa shape index (κ1) is 14.7. The molecule has 2 aromatic rings. The second kappa shape index (κ2) is 5.89. The number of carbonyl (C=O) groups is 1. The van der Waals surface area contributed by atoms with Crippen LogP contribution in [0.3, 0.4) is 0 Å². The second-order valence-electron chi connectivity index (χ2n) is 5.21. The summed E-state index contributed by atoms with van der Waals surface area (Å²) in [5.41, 5.74) is 1.49. The molecule has 1 amide bonds. The van der Waals surface area contributed by atoms with Gasteiger partial charge in [0.1, 0.15) is 6.10 Å². The molecule has 0 unspecified atom stereocenters. The van der Waals surface area contributed by atoms with Crippen molar-refractivity contribution in [2.75, 3.05) is 5.32 Å². The highest BCUT2D eigenvalue weighted by Gasteiger charge is 2.34. The van der Waals surface area contributed by atoms with Crippen molar-refractivity contribution in [3.63, 3.8) is 0 Å². The lowest BCUT2D eigenvalue weighted by molar-refractivity contribution is -0.128. The lowest BCUT2D eigenvalue weighted by Gasteiger charge is -2.31. The summed E-state index contributed by atoms with van der Waals surface area (Å²) >= 11 is 6.07. The van der Waals surface area contributed by atoms with Crippen molar-refractivity contribution < 1.29 is 14.3 Å².